The third kappa shape index (κ3) is 3.96. The number of ether oxygens (including phenoxy) is 1. The Kier molecular flexibility index (Phi) is 4.80. The second-order valence-electron chi connectivity index (χ2n) is 5.17. The summed E-state index contributed by atoms with van der Waals surface area (Å²) in [6.45, 7) is 2.78. The molecule has 1 amide bonds. The molecular formula is C13H23NO3. The molecule has 1 N–H and O–H groups in total. The number of amides is 1. The molecule has 0 radical (unpaired) electrons. The van der Waals surface area contributed by atoms with Gasteiger partial charge in [0, 0.05) is 13.0 Å². The van der Waals surface area contributed by atoms with Crippen LogP contribution in [0.15, 0.2) is 0 Å². The molecule has 0 heterocycles. The number of carbonyl (C=O) groups excluding carboxylic acids is 1. The van der Waals surface area contributed by atoms with Crippen LogP contribution in [0.3, 0.4) is 0 Å². The zero-order valence-electron chi connectivity index (χ0n) is 10.6. The highest BCUT2D eigenvalue weighted by Crippen LogP contribution is 2.32. The van der Waals surface area contributed by atoms with Gasteiger partial charge in [0.1, 0.15) is 0 Å². The van der Waals surface area contributed by atoms with Gasteiger partial charge in [-0.2, -0.15) is 0 Å². The Morgan fingerprint density at radius 3 is 2.59 bits per heavy atom. The minimum Gasteiger partial charge on any atom is -0.378 e. The van der Waals surface area contributed by atoms with Crippen molar-refractivity contribution in [2.24, 2.45) is 5.92 Å². The lowest BCUT2D eigenvalue weighted by Crippen LogP contribution is -2.36. The summed E-state index contributed by atoms with van der Waals surface area (Å²) in [6, 6.07) is 0. The zero-order chi connectivity index (χ0) is 12.1. The van der Waals surface area contributed by atoms with E-state index in [1.807, 2.05) is 6.92 Å². The van der Waals surface area contributed by atoms with E-state index in [0.29, 0.717) is 18.4 Å². The van der Waals surface area contributed by atoms with Gasteiger partial charge in [-0.05, 0) is 38.5 Å². The first-order chi connectivity index (χ1) is 8.28. The fourth-order valence-corrected chi connectivity index (χ4v) is 2.67. The largest absolute Gasteiger partial charge is 0.378 e. The summed E-state index contributed by atoms with van der Waals surface area (Å²) in [5.74, 6) is 0.510. The fourth-order valence-electron chi connectivity index (χ4n) is 2.67. The fraction of sp³-hybridized carbons (Fsp3) is 0.923. The highest BCUT2D eigenvalue weighted by molar-refractivity contribution is 5.75. The van der Waals surface area contributed by atoms with E-state index < -0.39 is 0 Å². The maximum Gasteiger partial charge on any atom is 0.243 e. The molecular weight excluding hydrogens is 218 g/mol. The molecule has 0 atom stereocenters. The lowest BCUT2D eigenvalue weighted by Gasteiger charge is -2.34. The SMILES string of the molecule is CCOC1CC(CC(=O)NOC2CCCC2)C1. The number of hydrogen-bond donors (Lipinski definition) is 1. The minimum absolute atomic E-state index is 0.0249. The minimum atomic E-state index is 0.0249. The molecule has 4 nitrogen and oxygen atoms in total. The molecule has 2 fully saturated rings. The van der Waals surface area contributed by atoms with Gasteiger partial charge in [-0.25, -0.2) is 5.48 Å². The van der Waals surface area contributed by atoms with Gasteiger partial charge < -0.3 is 4.74 Å². The summed E-state index contributed by atoms with van der Waals surface area (Å²) >= 11 is 0. The average molecular weight is 241 g/mol. The van der Waals surface area contributed by atoms with Crippen LogP contribution in [0.2, 0.25) is 0 Å². The maximum absolute atomic E-state index is 11.6. The highest BCUT2D eigenvalue weighted by atomic mass is 16.7. The number of carbonyl (C=O) groups is 1. The summed E-state index contributed by atoms with van der Waals surface area (Å²) in [5.41, 5.74) is 2.59. The van der Waals surface area contributed by atoms with E-state index in [-0.39, 0.29) is 12.0 Å². The second kappa shape index (κ2) is 6.36. The smallest absolute Gasteiger partial charge is 0.243 e. The van der Waals surface area contributed by atoms with Gasteiger partial charge in [0.25, 0.3) is 0 Å². The average Bonchev–Trinajstić information content (AvgIpc) is 2.76. The second-order valence-corrected chi connectivity index (χ2v) is 5.17. The molecule has 0 aromatic heterocycles. The van der Waals surface area contributed by atoms with Crippen molar-refractivity contribution in [3.63, 3.8) is 0 Å². The molecule has 2 rings (SSSR count). The van der Waals surface area contributed by atoms with E-state index in [1.54, 1.807) is 0 Å². The molecule has 0 unspecified atom stereocenters. The topological polar surface area (TPSA) is 47.6 Å². The normalized spacial score (nSPS) is 29.0. The first-order valence-electron chi connectivity index (χ1n) is 6.84. The Bertz CT molecular complexity index is 245. The first kappa shape index (κ1) is 12.8. The summed E-state index contributed by atoms with van der Waals surface area (Å²) in [7, 11) is 0. The van der Waals surface area contributed by atoms with Crippen LogP contribution in [0, 0.1) is 5.92 Å². The summed E-state index contributed by atoms with van der Waals surface area (Å²) < 4.78 is 5.47. The molecule has 0 aromatic rings. The van der Waals surface area contributed by atoms with Crippen molar-refractivity contribution in [3.8, 4) is 0 Å². The molecule has 0 aliphatic heterocycles. The van der Waals surface area contributed by atoms with E-state index in [2.05, 4.69) is 5.48 Å². The van der Waals surface area contributed by atoms with Crippen molar-refractivity contribution >= 4 is 5.91 Å². The predicted molar refractivity (Wildman–Crippen MR) is 64.2 cm³/mol. The van der Waals surface area contributed by atoms with Crippen LogP contribution >= 0.6 is 0 Å². The molecule has 2 aliphatic rings. The van der Waals surface area contributed by atoms with Gasteiger partial charge >= 0.3 is 0 Å². The molecule has 0 saturated heterocycles. The van der Waals surface area contributed by atoms with Crippen molar-refractivity contribution in [2.45, 2.75) is 64.1 Å². The number of hydroxylamine groups is 1. The molecule has 98 valence electrons. The van der Waals surface area contributed by atoms with Gasteiger partial charge in [0.2, 0.25) is 5.91 Å². The Hall–Kier alpha value is -0.610. The predicted octanol–water partition coefficient (Wildman–Crippen LogP) is 2.18. The van der Waals surface area contributed by atoms with Gasteiger partial charge in [-0.1, -0.05) is 12.8 Å². The van der Waals surface area contributed by atoms with E-state index in [1.165, 1.54) is 12.8 Å². The van der Waals surface area contributed by atoms with Crippen LogP contribution in [0.25, 0.3) is 0 Å². The van der Waals surface area contributed by atoms with E-state index in [0.717, 1.165) is 32.3 Å². The monoisotopic (exact) mass is 241 g/mol. The summed E-state index contributed by atoms with van der Waals surface area (Å²) in [4.78, 5) is 17.0. The third-order valence-corrected chi connectivity index (χ3v) is 3.71. The van der Waals surface area contributed by atoms with Crippen LogP contribution in [0.5, 0.6) is 0 Å². The van der Waals surface area contributed by atoms with Crippen molar-refractivity contribution < 1.29 is 14.4 Å². The quantitative estimate of drug-likeness (QED) is 0.725. The molecule has 4 heteroatoms. The summed E-state index contributed by atoms with van der Waals surface area (Å²) in [6.07, 6.45) is 7.85. The standard InChI is InChI=1S/C13H23NO3/c1-2-16-12-7-10(8-12)9-13(15)14-17-11-5-3-4-6-11/h10-12H,2-9H2,1H3,(H,14,15). The Morgan fingerprint density at radius 2 is 1.94 bits per heavy atom. The van der Waals surface area contributed by atoms with Crippen LogP contribution in [0.1, 0.15) is 51.9 Å². The van der Waals surface area contributed by atoms with Gasteiger partial charge in [-0.15, -0.1) is 0 Å². The van der Waals surface area contributed by atoms with Gasteiger partial charge in [-0.3, -0.25) is 9.63 Å². The van der Waals surface area contributed by atoms with Crippen LogP contribution < -0.4 is 5.48 Å². The van der Waals surface area contributed by atoms with Crippen molar-refractivity contribution in [3.05, 3.63) is 0 Å². The Balaban J connectivity index is 1.52. The van der Waals surface area contributed by atoms with E-state index in [4.69, 9.17) is 9.57 Å². The molecule has 0 aromatic carbocycles. The zero-order valence-corrected chi connectivity index (χ0v) is 10.6. The number of hydrogen-bond acceptors (Lipinski definition) is 3. The lowest BCUT2D eigenvalue weighted by atomic mass is 9.80. The maximum atomic E-state index is 11.6. The van der Waals surface area contributed by atoms with Crippen molar-refractivity contribution in [2.75, 3.05) is 6.61 Å². The van der Waals surface area contributed by atoms with Crippen LogP contribution in [0.4, 0.5) is 0 Å². The van der Waals surface area contributed by atoms with Crippen LogP contribution in [-0.2, 0) is 14.4 Å². The van der Waals surface area contributed by atoms with E-state index >= 15 is 0 Å². The Labute approximate surface area is 103 Å². The molecule has 0 bridgehead atoms. The van der Waals surface area contributed by atoms with Crippen LogP contribution in [-0.4, -0.2) is 24.7 Å². The molecule has 17 heavy (non-hydrogen) atoms. The molecule has 2 aliphatic carbocycles. The van der Waals surface area contributed by atoms with Crippen molar-refractivity contribution in [1.82, 2.24) is 5.48 Å². The number of nitrogens with one attached hydrogen (secondary N) is 1. The lowest BCUT2D eigenvalue weighted by molar-refractivity contribution is -0.141. The molecule has 0 spiro atoms. The first-order valence-corrected chi connectivity index (χ1v) is 6.84. The third-order valence-electron chi connectivity index (χ3n) is 3.71. The van der Waals surface area contributed by atoms with Gasteiger partial charge in [0.05, 0.1) is 12.2 Å². The summed E-state index contributed by atoms with van der Waals surface area (Å²) in [5, 5.41) is 0. The molecule has 2 saturated carbocycles. The highest BCUT2D eigenvalue weighted by Gasteiger charge is 2.31. The van der Waals surface area contributed by atoms with E-state index in [9.17, 15) is 4.79 Å². The van der Waals surface area contributed by atoms with Gasteiger partial charge in [0.15, 0.2) is 0 Å². The van der Waals surface area contributed by atoms with Crippen molar-refractivity contribution in [1.29, 1.82) is 0 Å². The Morgan fingerprint density at radius 1 is 1.24 bits per heavy atom. The number of rotatable bonds is 6.